The molecule has 1 N–H and O–H groups in total. The lowest BCUT2D eigenvalue weighted by atomic mass is 10.2. The third-order valence-corrected chi connectivity index (χ3v) is 8.77. The van der Waals surface area contributed by atoms with Crippen molar-refractivity contribution in [3.05, 3.63) is 54.6 Å². The molecule has 1 aliphatic heterocycles. The summed E-state index contributed by atoms with van der Waals surface area (Å²) in [4.78, 5) is 0.137. The van der Waals surface area contributed by atoms with E-state index < -0.39 is 31.0 Å². The van der Waals surface area contributed by atoms with Gasteiger partial charge in [0.25, 0.3) is 0 Å². The summed E-state index contributed by atoms with van der Waals surface area (Å²) in [5.74, 6) is 0.790. The van der Waals surface area contributed by atoms with Crippen LogP contribution in [0, 0.1) is 0 Å². The van der Waals surface area contributed by atoms with Gasteiger partial charge in [0.15, 0.2) is 19.7 Å². The Morgan fingerprint density at radius 2 is 1.64 bits per heavy atom. The summed E-state index contributed by atoms with van der Waals surface area (Å²) in [5.41, 5.74) is 0. The lowest BCUT2D eigenvalue weighted by molar-refractivity contribution is 0.307. The second kappa shape index (κ2) is 8.50. The molecule has 0 amide bonds. The maximum atomic E-state index is 12.9. The molecule has 1 saturated heterocycles. The van der Waals surface area contributed by atoms with Crippen LogP contribution in [0.1, 0.15) is 0 Å². The molecule has 0 unspecified atom stereocenters. The van der Waals surface area contributed by atoms with Crippen LogP contribution in [0.2, 0.25) is 0 Å². The third-order valence-electron chi connectivity index (χ3n) is 4.61. The SMILES string of the molecule is COc1ccc(OCCN[C@@H]2CS(=O)(=O)C[C@H]2S(=O)(=O)c2ccccc2)cc1. The molecule has 1 heterocycles. The Morgan fingerprint density at radius 3 is 2.29 bits per heavy atom. The highest BCUT2D eigenvalue weighted by Gasteiger charge is 2.45. The zero-order valence-electron chi connectivity index (χ0n) is 15.4. The molecule has 2 atom stereocenters. The second-order valence-corrected chi connectivity index (χ2v) is 10.9. The summed E-state index contributed by atoms with van der Waals surface area (Å²) in [6.07, 6.45) is 0. The minimum absolute atomic E-state index is 0.137. The van der Waals surface area contributed by atoms with Gasteiger partial charge in [-0.25, -0.2) is 16.8 Å². The maximum absolute atomic E-state index is 12.9. The van der Waals surface area contributed by atoms with E-state index in [2.05, 4.69) is 5.32 Å². The van der Waals surface area contributed by atoms with Gasteiger partial charge in [0.05, 0.1) is 28.8 Å². The van der Waals surface area contributed by atoms with E-state index in [1.54, 1.807) is 49.6 Å². The quantitative estimate of drug-likeness (QED) is 0.637. The summed E-state index contributed by atoms with van der Waals surface area (Å²) in [6, 6.07) is 14.4. The monoisotopic (exact) mass is 425 g/mol. The van der Waals surface area contributed by atoms with Gasteiger partial charge in [-0.15, -0.1) is 0 Å². The van der Waals surface area contributed by atoms with Gasteiger partial charge in [-0.2, -0.15) is 0 Å². The van der Waals surface area contributed by atoms with Gasteiger partial charge < -0.3 is 14.8 Å². The van der Waals surface area contributed by atoms with Crippen molar-refractivity contribution in [1.29, 1.82) is 0 Å². The van der Waals surface area contributed by atoms with Crippen molar-refractivity contribution in [1.82, 2.24) is 5.32 Å². The molecule has 9 heteroatoms. The summed E-state index contributed by atoms with van der Waals surface area (Å²) in [7, 11) is -5.60. The molecular formula is C19H23NO6S2. The van der Waals surface area contributed by atoms with Gasteiger partial charge in [-0.1, -0.05) is 18.2 Å². The van der Waals surface area contributed by atoms with Crippen LogP contribution in [0.15, 0.2) is 59.5 Å². The van der Waals surface area contributed by atoms with E-state index in [-0.39, 0.29) is 23.0 Å². The van der Waals surface area contributed by atoms with Gasteiger partial charge >= 0.3 is 0 Å². The Balaban J connectivity index is 1.62. The minimum atomic E-state index is -3.75. The van der Waals surface area contributed by atoms with Crippen molar-refractivity contribution < 1.29 is 26.3 Å². The van der Waals surface area contributed by atoms with Crippen LogP contribution < -0.4 is 14.8 Å². The molecule has 0 aliphatic carbocycles. The zero-order chi connectivity index (χ0) is 20.2. The molecule has 2 aromatic carbocycles. The molecule has 152 valence electrons. The average Bonchev–Trinajstić information content (AvgIpc) is 3.01. The van der Waals surface area contributed by atoms with Crippen molar-refractivity contribution in [3.63, 3.8) is 0 Å². The summed E-state index contributed by atoms with van der Waals surface area (Å²) in [5, 5.41) is 2.03. The normalized spacial score (nSPS) is 21.3. The van der Waals surface area contributed by atoms with Crippen LogP contribution in [0.4, 0.5) is 0 Å². The van der Waals surface area contributed by atoms with Crippen LogP contribution in [-0.2, 0) is 19.7 Å². The second-order valence-electron chi connectivity index (χ2n) is 6.56. The molecule has 1 fully saturated rings. The number of ether oxygens (including phenoxy) is 2. The number of hydrogen-bond acceptors (Lipinski definition) is 7. The summed E-state index contributed by atoms with van der Waals surface area (Å²) < 4.78 is 60.7. The Kier molecular flexibility index (Phi) is 6.26. The fourth-order valence-corrected chi connectivity index (χ4v) is 7.92. The predicted octanol–water partition coefficient (Wildman–Crippen LogP) is 1.30. The summed E-state index contributed by atoms with van der Waals surface area (Å²) in [6.45, 7) is 0.605. The molecule has 1 aliphatic rings. The Labute approximate surface area is 165 Å². The highest BCUT2D eigenvalue weighted by atomic mass is 32.2. The highest BCUT2D eigenvalue weighted by Crippen LogP contribution is 2.26. The molecular weight excluding hydrogens is 402 g/mol. The number of methoxy groups -OCH3 is 1. The molecule has 0 saturated carbocycles. The average molecular weight is 426 g/mol. The molecule has 0 radical (unpaired) electrons. The van der Waals surface area contributed by atoms with Crippen LogP contribution in [0.25, 0.3) is 0 Å². The van der Waals surface area contributed by atoms with Crippen molar-refractivity contribution in [2.45, 2.75) is 16.2 Å². The van der Waals surface area contributed by atoms with Gasteiger partial charge in [0.2, 0.25) is 0 Å². The number of rotatable bonds is 8. The number of benzene rings is 2. The highest BCUT2D eigenvalue weighted by molar-refractivity contribution is 7.96. The van der Waals surface area contributed by atoms with E-state index in [1.807, 2.05) is 0 Å². The van der Waals surface area contributed by atoms with Crippen LogP contribution in [0.5, 0.6) is 11.5 Å². The first-order valence-electron chi connectivity index (χ1n) is 8.81. The Hall–Kier alpha value is -2.10. The van der Waals surface area contributed by atoms with Crippen LogP contribution in [-0.4, -0.2) is 59.9 Å². The maximum Gasteiger partial charge on any atom is 0.183 e. The van der Waals surface area contributed by atoms with Gasteiger partial charge in [0.1, 0.15) is 18.1 Å². The lowest BCUT2D eigenvalue weighted by Crippen LogP contribution is -2.44. The lowest BCUT2D eigenvalue weighted by Gasteiger charge is -2.20. The molecule has 7 nitrogen and oxygen atoms in total. The first-order valence-corrected chi connectivity index (χ1v) is 12.2. The Bertz CT molecular complexity index is 988. The van der Waals surface area contributed by atoms with Gasteiger partial charge in [-0.05, 0) is 36.4 Å². The van der Waals surface area contributed by atoms with Crippen molar-refractivity contribution >= 4 is 19.7 Å². The number of nitrogens with one attached hydrogen (secondary N) is 1. The number of sulfone groups is 2. The molecule has 0 bridgehead atoms. The van der Waals surface area contributed by atoms with E-state index in [0.29, 0.717) is 12.3 Å². The molecule has 28 heavy (non-hydrogen) atoms. The van der Waals surface area contributed by atoms with E-state index in [9.17, 15) is 16.8 Å². The van der Waals surface area contributed by atoms with E-state index in [1.165, 1.54) is 12.1 Å². The van der Waals surface area contributed by atoms with E-state index in [0.717, 1.165) is 5.75 Å². The zero-order valence-corrected chi connectivity index (χ0v) is 17.1. The molecule has 3 rings (SSSR count). The van der Waals surface area contributed by atoms with E-state index in [4.69, 9.17) is 9.47 Å². The molecule has 2 aromatic rings. The van der Waals surface area contributed by atoms with Gasteiger partial charge in [0, 0.05) is 12.6 Å². The topological polar surface area (TPSA) is 98.8 Å². The fourth-order valence-electron chi connectivity index (χ4n) is 3.18. The molecule has 0 spiro atoms. The van der Waals surface area contributed by atoms with Crippen molar-refractivity contribution in [2.24, 2.45) is 0 Å². The predicted molar refractivity (Wildman–Crippen MR) is 106 cm³/mol. The standard InChI is InChI=1S/C19H23NO6S2/c1-25-15-7-9-16(10-8-15)26-12-11-20-18-13-27(21,22)14-19(18)28(23,24)17-5-3-2-4-6-17/h2-10,18-20H,11-14H2,1H3/t18-,19-/m1/s1. The van der Waals surface area contributed by atoms with Crippen molar-refractivity contribution in [2.75, 3.05) is 31.8 Å². The first-order chi connectivity index (χ1) is 13.3. The Morgan fingerprint density at radius 1 is 1.00 bits per heavy atom. The largest absolute Gasteiger partial charge is 0.497 e. The number of hydrogen-bond donors (Lipinski definition) is 1. The van der Waals surface area contributed by atoms with Crippen LogP contribution in [0.3, 0.4) is 0 Å². The third kappa shape index (κ3) is 4.84. The van der Waals surface area contributed by atoms with Crippen molar-refractivity contribution in [3.8, 4) is 11.5 Å². The fraction of sp³-hybridized carbons (Fsp3) is 0.368. The van der Waals surface area contributed by atoms with Gasteiger partial charge in [-0.3, -0.25) is 0 Å². The molecule has 0 aromatic heterocycles. The van der Waals surface area contributed by atoms with E-state index >= 15 is 0 Å². The minimum Gasteiger partial charge on any atom is -0.497 e. The van der Waals surface area contributed by atoms with Crippen LogP contribution >= 0.6 is 0 Å². The first kappa shape index (κ1) is 20.6. The smallest absolute Gasteiger partial charge is 0.183 e. The summed E-state index contributed by atoms with van der Waals surface area (Å²) >= 11 is 0.